The number of rotatable bonds is 9. The summed E-state index contributed by atoms with van der Waals surface area (Å²) in [6.45, 7) is 0.0194. The van der Waals surface area contributed by atoms with Crippen LogP contribution in [0.4, 0.5) is 0 Å². The molecular formula is C25H23NO5. The molecule has 158 valence electrons. The van der Waals surface area contributed by atoms with Crippen molar-refractivity contribution < 1.29 is 23.9 Å². The zero-order chi connectivity index (χ0) is 21.9. The molecule has 0 unspecified atom stereocenters. The van der Waals surface area contributed by atoms with Crippen LogP contribution in [0, 0.1) is 0 Å². The molecule has 0 fully saturated rings. The van der Waals surface area contributed by atoms with Crippen LogP contribution in [0.25, 0.3) is 0 Å². The van der Waals surface area contributed by atoms with E-state index in [9.17, 15) is 14.4 Å². The predicted molar refractivity (Wildman–Crippen MR) is 116 cm³/mol. The third-order valence-electron chi connectivity index (χ3n) is 4.51. The number of nitrogens with one attached hydrogen (secondary N) is 1. The molecule has 3 aromatic rings. The van der Waals surface area contributed by atoms with Crippen molar-refractivity contribution in [3.8, 4) is 0 Å². The van der Waals surface area contributed by atoms with Gasteiger partial charge in [-0.1, -0.05) is 54.6 Å². The molecule has 1 N–H and O–H groups in total. The molecule has 0 heterocycles. The first-order valence-corrected chi connectivity index (χ1v) is 9.94. The molecule has 0 radical (unpaired) electrons. The van der Waals surface area contributed by atoms with Gasteiger partial charge in [0.1, 0.15) is 6.61 Å². The SMILES string of the molecule is O=C(N[C@@H](CCOC(=O)c1ccccc1)COC(=O)c1ccccc1)c1ccccc1. The van der Waals surface area contributed by atoms with E-state index in [4.69, 9.17) is 9.47 Å². The van der Waals surface area contributed by atoms with Crippen molar-refractivity contribution in [3.05, 3.63) is 108 Å². The number of ether oxygens (including phenoxy) is 2. The summed E-state index contributed by atoms with van der Waals surface area (Å²) in [5.41, 5.74) is 1.36. The van der Waals surface area contributed by atoms with Crippen LogP contribution in [0.1, 0.15) is 37.5 Å². The first-order valence-electron chi connectivity index (χ1n) is 9.94. The maximum Gasteiger partial charge on any atom is 0.338 e. The van der Waals surface area contributed by atoms with E-state index in [1.54, 1.807) is 78.9 Å². The Labute approximate surface area is 180 Å². The lowest BCUT2D eigenvalue weighted by atomic mass is 10.1. The van der Waals surface area contributed by atoms with Gasteiger partial charge in [-0.3, -0.25) is 4.79 Å². The first-order chi connectivity index (χ1) is 15.1. The molecule has 6 heteroatoms. The summed E-state index contributed by atoms with van der Waals surface area (Å²) < 4.78 is 10.7. The molecule has 0 bridgehead atoms. The minimum atomic E-state index is -0.524. The number of hydrogen-bond donors (Lipinski definition) is 1. The third-order valence-corrected chi connectivity index (χ3v) is 4.51. The number of amides is 1. The van der Waals surface area contributed by atoms with Crippen molar-refractivity contribution in [1.82, 2.24) is 5.32 Å². The summed E-state index contributed by atoms with van der Waals surface area (Å²) in [6, 6.07) is 25.5. The van der Waals surface area contributed by atoms with Crippen molar-refractivity contribution in [2.24, 2.45) is 0 Å². The average Bonchev–Trinajstić information content (AvgIpc) is 2.83. The van der Waals surface area contributed by atoms with E-state index < -0.39 is 18.0 Å². The molecule has 0 aliphatic carbocycles. The molecule has 0 aromatic heterocycles. The molecule has 1 amide bonds. The summed E-state index contributed by atoms with van der Waals surface area (Å²) in [4.78, 5) is 36.9. The van der Waals surface area contributed by atoms with E-state index in [1.807, 2.05) is 12.1 Å². The van der Waals surface area contributed by atoms with Crippen molar-refractivity contribution in [2.45, 2.75) is 12.5 Å². The van der Waals surface area contributed by atoms with Crippen molar-refractivity contribution >= 4 is 17.8 Å². The lowest BCUT2D eigenvalue weighted by molar-refractivity contribution is 0.0383. The van der Waals surface area contributed by atoms with Crippen LogP contribution in [0.3, 0.4) is 0 Å². The van der Waals surface area contributed by atoms with Gasteiger partial charge in [-0.2, -0.15) is 0 Å². The van der Waals surface area contributed by atoms with Crippen LogP contribution in [-0.2, 0) is 9.47 Å². The molecule has 31 heavy (non-hydrogen) atoms. The Bertz CT molecular complexity index is 990. The van der Waals surface area contributed by atoms with Crippen LogP contribution in [0.2, 0.25) is 0 Å². The van der Waals surface area contributed by atoms with E-state index >= 15 is 0 Å². The molecule has 0 spiro atoms. The summed E-state index contributed by atoms with van der Waals surface area (Å²) in [5, 5.41) is 2.85. The summed E-state index contributed by atoms with van der Waals surface area (Å²) in [7, 11) is 0. The molecule has 3 rings (SSSR count). The van der Waals surface area contributed by atoms with Gasteiger partial charge >= 0.3 is 11.9 Å². The minimum Gasteiger partial charge on any atom is -0.462 e. The molecule has 0 aliphatic rings. The zero-order valence-electron chi connectivity index (χ0n) is 16.9. The van der Waals surface area contributed by atoms with E-state index in [1.165, 1.54) is 0 Å². The lowest BCUT2D eigenvalue weighted by Gasteiger charge is -2.19. The van der Waals surface area contributed by atoms with Gasteiger partial charge in [0.05, 0.1) is 23.8 Å². The third kappa shape index (κ3) is 6.82. The molecule has 1 atom stereocenters. The smallest absolute Gasteiger partial charge is 0.338 e. The standard InChI is InChI=1S/C25H23NO5/c27-23(19-10-4-1-5-11-19)26-22(18-31-25(29)21-14-8-3-9-15-21)16-17-30-24(28)20-12-6-2-7-13-20/h1-15,22H,16-18H2,(H,26,27)/t22-/m0/s1. The van der Waals surface area contributed by atoms with Crippen LogP contribution >= 0.6 is 0 Å². The van der Waals surface area contributed by atoms with Crippen LogP contribution in [-0.4, -0.2) is 37.1 Å². The van der Waals surface area contributed by atoms with Crippen molar-refractivity contribution in [3.63, 3.8) is 0 Å². The number of benzene rings is 3. The first kappa shape index (κ1) is 21.8. The second kappa shape index (κ2) is 11.3. The fourth-order valence-corrected chi connectivity index (χ4v) is 2.84. The second-order valence-corrected chi connectivity index (χ2v) is 6.79. The summed E-state index contributed by atoms with van der Waals surface area (Å²) >= 11 is 0. The Morgan fingerprint density at radius 3 is 1.61 bits per heavy atom. The van der Waals surface area contributed by atoms with Crippen LogP contribution in [0.15, 0.2) is 91.0 Å². The number of hydrogen-bond acceptors (Lipinski definition) is 5. The zero-order valence-corrected chi connectivity index (χ0v) is 16.9. The van der Waals surface area contributed by atoms with E-state index in [2.05, 4.69) is 5.32 Å². The van der Waals surface area contributed by atoms with Gasteiger partial charge in [-0.15, -0.1) is 0 Å². The highest BCUT2D eigenvalue weighted by Gasteiger charge is 2.18. The van der Waals surface area contributed by atoms with Crippen molar-refractivity contribution in [1.29, 1.82) is 0 Å². The molecule has 6 nitrogen and oxygen atoms in total. The van der Waals surface area contributed by atoms with Crippen LogP contribution in [0.5, 0.6) is 0 Å². The van der Waals surface area contributed by atoms with E-state index in [-0.39, 0.29) is 19.1 Å². The van der Waals surface area contributed by atoms with Crippen molar-refractivity contribution in [2.75, 3.05) is 13.2 Å². The van der Waals surface area contributed by atoms with Gasteiger partial charge in [-0.05, 0) is 36.4 Å². The van der Waals surface area contributed by atoms with Gasteiger partial charge in [0.15, 0.2) is 0 Å². The van der Waals surface area contributed by atoms with Gasteiger partial charge in [0.25, 0.3) is 5.91 Å². The Morgan fingerprint density at radius 1 is 0.645 bits per heavy atom. The Morgan fingerprint density at radius 2 is 1.10 bits per heavy atom. The molecular weight excluding hydrogens is 394 g/mol. The highest BCUT2D eigenvalue weighted by molar-refractivity contribution is 5.94. The van der Waals surface area contributed by atoms with E-state index in [0.717, 1.165) is 0 Å². The van der Waals surface area contributed by atoms with E-state index in [0.29, 0.717) is 23.1 Å². The fourth-order valence-electron chi connectivity index (χ4n) is 2.84. The minimum absolute atomic E-state index is 0.0464. The summed E-state index contributed by atoms with van der Waals surface area (Å²) in [6.07, 6.45) is 0.291. The number of esters is 2. The van der Waals surface area contributed by atoms with Gasteiger partial charge < -0.3 is 14.8 Å². The largest absolute Gasteiger partial charge is 0.462 e. The monoisotopic (exact) mass is 417 g/mol. The number of carbonyl (C=O) groups excluding carboxylic acids is 3. The van der Waals surface area contributed by atoms with Gasteiger partial charge in [-0.25, -0.2) is 9.59 Å². The maximum absolute atomic E-state index is 12.5. The highest BCUT2D eigenvalue weighted by Crippen LogP contribution is 2.07. The average molecular weight is 417 g/mol. The Kier molecular flexibility index (Phi) is 7.94. The normalized spacial score (nSPS) is 11.2. The topological polar surface area (TPSA) is 81.7 Å². The lowest BCUT2D eigenvalue weighted by Crippen LogP contribution is -2.39. The molecule has 3 aromatic carbocycles. The van der Waals surface area contributed by atoms with Crippen LogP contribution < -0.4 is 5.32 Å². The number of carbonyl (C=O) groups is 3. The molecule has 0 saturated carbocycles. The second-order valence-electron chi connectivity index (χ2n) is 6.79. The quantitative estimate of drug-likeness (QED) is 0.534. The summed E-state index contributed by atoms with van der Waals surface area (Å²) in [5.74, 6) is -1.23. The molecule has 0 aliphatic heterocycles. The Balaban J connectivity index is 1.58. The highest BCUT2D eigenvalue weighted by atomic mass is 16.5. The predicted octanol–water partition coefficient (Wildman–Crippen LogP) is 3.89. The fraction of sp³-hybridized carbons (Fsp3) is 0.160. The molecule has 0 saturated heterocycles. The Hall–Kier alpha value is -3.93. The van der Waals surface area contributed by atoms with Gasteiger partial charge in [0.2, 0.25) is 0 Å². The maximum atomic E-state index is 12.5. The van der Waals surface area contributed by atoms with Gasteiger partial charge in [0, 0.05) is 12.0 Å².